The highest BCUT2D eigenvalue weighted by atomic mass is 79.9. The Morgan fingerprint density at radius 1 is 1.15 bits per heavy atom. The van der Waals surface area contributed by atoms with Crippen LogP contribution in [0.4, 0.5) is 0 Å². The zero-order chi connectivity index (χ0) is 19.1. The molecule has 26 heavy (non-hydrogen) atoms. The first-order valence-electron chi connectivity index (χ1n) is 8.31. The molecule has 0 saturated carbocycles. The van der Waals surface area contributed by atoms with E-state index in [2.05, 4.69) is 21.2 Å². The summed E-state index contributed by atoms with van der Waals surface area (Å²) in [5.74, 6) is -0.394. The number of hydrogen-bond donors (Lipinski definition) is 1. The summed E-state index contributed by atoms with van der Waals surface area (Å²) in [6.45, 7) is 3.66. The molecule has 1 amide bonds. The molecule has 0 bridgehead atoms. The molecule has 0 fully saturated rings. The number of esters is 1. The molecule has 2 aromatic rings. The zero-order valence-electron chi connectivity index (χ0n) is 15.0. The van der Waals surface area contributed by atoms with Gasteiger partial charge in [0.05, 0.1) is 18.7 Å². The summed E-state index contributed by atoms with van der Waals surface area (Å²) in [4.78, 5) is 24.4. The highest BCUT2D eigenvalue weighted by Gasteiger charge is 2.17. The average molecular weight is 420 g/mol. The Kier molecular flexibility index (Phi) is 7.21. The van der Waals surface area contributed by atoms with Crippen molar-refractivity contribution in [3.63, 3.8) is 0 Å². The summed E-state index contributed by atoms with van der Waals surface area (Å²) in [6.07, 6.45) is 0.740. The minimum absolute atomic E-state index is 0.120. The number of halogens is 1. The second kappa shape index (κ2) is 9.38. The number of methoxy groups -OCH3 is 1. The normalized spacial score (nSPS) is 11.5. The van der Waals surface area contributed by atoms with Gasteiger partial charge in [0, 0.05) is 4.47 Å². The maximum absolute atomic E-state index is 12.2. The summed E-state index contributed by atoms with van der Waals surface area (Å²) in [6, 6.07) is 12.8. The Morgan fingerprint density at radius 3 is 2.46 bits per heavy atom. The van der Waals surface area contributed by atoms with Crippen LogP contribution in [0.5, 0.6) is 5.75 Å². The first-order valence-corrected chi connectivity index (χ1v) is 9.10. The monoisotopic (exact) mass is 419 g/mol. The number of carbonyl (C=O) groups is 2. The molecule has 2 aromatic carbocycles. The molecule has 0 aliphatic rings. The predicted octanol–water partition coefficient (Wildman–Crippen LogP) is 4.19. The molecular weight excluding hydrogens is 398 g/mol. The lowest BCUT2D eigenvalue weighted by Gasteiger charge is -2.18. The number of ether oxygens (including phenoxy) is 2. The van der Waals surface area contributed by atoms with Gasteiger partial charge in [-0.1, -0.05) is 36.8 Å². The van der Waals surface area contributed by atoms with Crippen LogP contribution in [0.15, 0.2) is 46.9 Å². The number of amides is 1. The van der Waals surface area contributed by atoms with Gasteiger partial charge in [-0.15, -0.1) is 0 Å². The topological polar surface area (TPSA) is 64.6 Å². The minimum atomic E-state index is -0.589. The Bertz CT molecular complexity index is 774. The molecule has 1 atom stereocenters. The lowest BCUT2D eigenvalue weighted by Crippen LogP contribution is -2.32. The van der Waals surface area contributed by atoms with Crippen molar-refractivity contribution in [3.8, 4) is 5.75 Å². The van der Waals surface area contributed by atoms with Crippen molar-refractivity contribution in [1.82, 2.24) is 5.32 Å². The maximum atomic E-state index is 12.2. The van der Waals surface area contributed by atoms with Gasteiger partial charge in [0.15, 0.2) is 6.61 Å². The molecule has 1 N–H and O–H groups in total. The van der Waals surface area contributed by atoms with Gasteiger partial charge in [-0.25, -0.2) is 4.79 Å². The molecule has 0 radical (unpaired) electrons. The van der Waals surface area contributed by atoms with E-state index in [-0.39, 0.29) is 18.6 Å². The minimum Gasteiger partial charge on any atom is -0.497 e. The quantitative estimate of drug-likeness (QED) is 0.683. The fourth-order valence-corrected chi connectivity index (χ4v) is 2.86. The van der Waals surface area contributed by atoms with Gasteiger partial charge in [-0.3, -0.25) is 4.79 Å². The average Bonchev–Trinajstić information content (AvgIpc) is 2.65. The Hall–Kier alpha value is -2.34. The SMILES string of the molecule is CC[C@@H](NC(=O)COC(=O)c1cc(OC)ccc1Br)c1ccc(C)cc1. The van der Waals surface area contributed by atoms with Crippen LogP contribution in [0.1, 0.15) is 40.9 Å². The Balaban J connectivity index is 1.95. The van der Waals surface area contributed by atoms with Crippen molar-refractivity contribution in [2.45, 2.75) is 26.3 Å². The first-order chi connectivity index (χ1) is 12.4. The van der Waals surface area contributed by atoms with E-state index in [1.807, 2.05) is 38.1 Å². The number of aryl methyl sites for hydroxylation is 1. The van der Waals surface area contributed by atoms with Crippen LogP contribution in [0.25, 0.3) is 0 Å². The standard InChI is InChI=1S/C20H22BrNO4/c1-4-18(14-7-5-13(2)6-8-14)22-19(23)12-26-20(24)16-11-15(25-3)9-10-17(16)21/h5-11,18H,4,12H2,1-3H3,(H,22,23)/t18-/m1/s1. The number of rotatable bonds is 7. The highest BCUT2D eigenvalue weighted by Crippen LogP contribution is 2.23. The lowest BCUT2D eigenvalue weighted by molar-refractivity contribution is -0.125. The van der Waals surface area contributed by atoms with Gasteiger partial charge >= 0.3 is 5.97 Å². The van der Waals surface area contributed by atoms with E-state index in [4.69, 9.17) is 9.47 Å². The van der Waals surface area contributed by atoms with E-state index in [1.165, 1.54) is 7.11 Å². The molecule has 0 aromatic heterocycles. The van der Waals surface area contributed by atoms with Gasteiger partial charge in [0.2, 0.25) is 0 Å². The smallest absolute Gasteiger partial charge is 0.339 e. The molecule has 2 rings (SSSR count). The third-order valence-electron chi connectivity index (χ3n) is 3.95. The first kappa shape index (κ1) is 20.0. The van der Waals surface area contributed by atoms with Gasteiger partial charge in [0.25, 0.3) is 5.91 Å². The maximum Gasteiger partial charge on any atom is 0.339 e. The van der Waals surface area contributed by atoms with E-state index in [0.717, 1.165) is 17.5 Å². The van der Waals surface area contributed by atoms with Crippen LogP contribution < -0.4 is 10.1 Å². The Morgan fingerprint density at radius 2 is 1.85 bits per heavy atom. The van der Waals surface area contributed by atoms with Crippen molar-refractivity contribution in [2.24, 2.45) is 0 Å². The van der Waals surface area contributed by atoms with Gasteiger partial charge in [-0.05, 0) is 53.0 Å². The lowest BCUT2D eigenvalue weighted by atomic mass is 10.0. The molecule has 0 spiro atoms. The molecule has 0 unspecified atom stereocenters. The summed E-state index contributed by atoms with van der Waals surface area (Å²) < 4.78 is 10.8. The molecule has 0 aliphatic heterocycles. The van der Waals surface area contributed by atoms with Crippen LogP contribution in [0.2, 0.25) is 0 Å². The summed E-state index contributed by atoms with van der Waals surface area (Å²) in [5.41, 5.74) is 2.49. The van der Waals surface area contributed by atoms with Crippen LogP contribution >= 0.6 is 15.9 Å². The number of nitrogens with one attached hydrogen (secondary N) is 1. The summed E-state index contributed by atoms with van der Waals surface area (Å²) >= 11 is 3.30. The molecule has 0 aliphatic carbocycles. The number of hydrogen-bond acceptors (Lipinski definition) is 4. The largest absolute Gasteiger partial charge is 0.497 e. The molecule has 0 heterocycles. The summed E-state index contributed by atoms with van der Waals surface area (Å²) in [5, 5.41) is 2.89. The van der Waals surface area contributed by atoms with Gasteiger partial charge < -0.3 is 14.8 Å². The van der Waals surface area contributed by atoms with E-state index in [9.17, 15) is 9.59 Å². The van der Waals surface area contributed by atoms with Crippen molar-refractivity contribution in [2.75, 3.05) is 13.7 Å². The Labute approximate surface area is 161 Å². The van der Waals surface area contributed by atoms with Crippen LogP contribution in [-0.2, 0) is 9.53 Å². The van der Waals surface area contributed by atoms with Crippen molar-refractivity contribution in [1.29, 1.82) is 0 Å². The number of benzene rings is 2. The van der Waals surface area contributed by atoms with Crippen molar-refractivity contribution < 1.29 is 19.1 Å². The number of carbonyl (C=O) groups excluding carboxylic acids is 2. The third kappa shape index (κ3) is 5.33. The fourth-order valence-electron chi connectivity index (χ4n) is 2.45. The second-order valence-corrected chi connectivity index (χ2v) is 6.72. The second-order valence-electron chi connectivity index (χ2n) is 5.86. The van der Waals surface area contributed by atoms with E-state index < -0.39 is 5.97 Å². The van der Waals surface area contributed by atoms with Gasteiger partial charge in [-0.2, -0.15) is 0 Å². The molecule has 0 saturated heterocycles. The van der Waals surface area contributed by atoms with E-state index in [1.54, 1.807) is 18.2 Å². The van der Waals surface area contributed by atoms with Crippen molar-refractivity contribution >= 4 is 27.8 Å². The summed E-state index contributed by atoms with van der Waals surface area (Å²) in [7, 11) is 1.52. The predicted molar refractivity (Wildman–Crippen MR) is 103 cm³/mol. The fraction of sp³-hybridized carbons (Fsp3) is 0.300. The zero-order valence-corrected chi connectivity index (χ0v) is 16.6. The van der Waals surface area contributed by atoms with E-state index >= 15 is 0 Å². The molecular formula is C20H22BrNO4. The third-order valence-corrected chi connectivity index (χ3v) is 4.64. The highest BCUT2D eigenvalue weighted by molar-refractivity contribution is 9.10. The van der Waals surface area contributed by atoms with E-state index in [0.29, 0.717) is 15.8 Å². The van der Waals surface area contributed by atoms with Crippen LogP contribution in [0.3, 0.4) is 0 Å². The molecule has 138 valence electrons. The van der Waals surface area contributed by atoms with Crippen LogP contribution in [0, 0.1) is 6.92 Å². The van der Waals surface area contributed by atoms with Crippen molar-refractivity contribution in [3.05, 3.63) is 63.6 Å². The molecule has 5 nitrogen and oxygen atoms in total. The van der Waals surface area contributed by atoms with Crippen LogP contribution in [-0.4, -0.2) is 25.6 Å². The molecule has 6 heteroatoms. The van der Waals surface area contributed by atoms with Gasteiger partial charge in [0.1, 0.15) is 5.75 Å².